The van der Waals surface area contributed by atoms with Crippen LogP contribution in [-0.4, -0.2) is 51.9 Å². The van der Waals surface area contributed by atoms with Gasteiger partial charge in [0.2, 0.25) is 0 Å². The number of hydrogen-bond donors (Lipinski definition) is 1. The SMILES string of the molecule is Cc1ccc(Nc2cc(N3CCN(C(=O)c4ccccc4[N+](=O)[O-])CC3)nc(C)n2)cc1. The van der Waals surface area contributed by atoms with Crippen LogP contribution in [0.25, 0.3) is 0 Å². The molecule has 2 heterocycles. The highest BCUT2D eigenvalue weighted by atomic mass is 16.6. The number of amides is 1. The first kappa shape index (κ1) is 21.2. The summed E-state index contributed by atoms with van der Waals surface area (Å²) in [6.45, 7) is 5.94. The van der Waals surface area contributed by atoms with Crippen LogP contribution in [0.4, 0.5) is 23.0 Å². The van der Waals surface area contributed by atoms with Gasteiger partial charge in [-0.15, -0.1) is 0 Å². The van der Waals surface area contributed by atoms with Gasteiger partial charge in [-0.25, -0.2) is 9.97 Å². The highest BCUT2D eigenvalue weighted by Gasteiger charge is 2.27. The van der Waals surface area contributed by atoms with Crippen molar-refractivity contribution in [2.75, 3.05) is 36.4 Å². The van der Waals surface area contributed by atoms with E-state index < -0.39 is 4.92 Å². The lowest BCUT2D eigenvalue weighted by atomic mass is 10.1. The van der Waals surface area contributed by atoms with Crippen LogP contribution in [-0.2, 0) is 0 Å². The van der Waals surface area contributed by atoms with Crippen LogP contribution in [0.3, 0.4) is 0 Å². The summed E-state index contributed by atoms with van der Waals surface area (Å²) in [5, 5.41) is 14.6. The molecule has 1 aliphatic heterocycles. The number of aryl methyl sites for hydroxylation is 2. The first-order valence-corrected chi connectivity index (χ1v) is 10.4. The van der Waals surface area contributed by atoms with Crippen molar-refractivity contribution < 1.29 is 9.72 Å². The zero-order chi connectivity index (χ0) is 22.7. The Balaban J connectivity index is 1.45. The molecule has 1 aromatic heterocycles. The van der Waals surface area contributed by atoms with E-state index in [4.69, 9.17) is 0 Å². The third-order valence-corrected chi connectivity index (χ3v) is 5.37. The van der Waals surface area contributed by atoms with E-state index in [9.17, 15) is 14.9 Å². The van der Waals surface area contributed by atoms with Gasteiger partial charge < -0.3 is 15.1 Å². The molecule has 0 unspecified atom stereocenters. The molecule has 0 aliphatic carbocycles. The quantitative estimate of drug-likeness (QED) is 0.484. The number of aromatic nitrogens is 2. The molecule has 1 amide bonds. The molecule has 1 N–H and O–H groups in total. The Labute approximate surface area is 185 Å². The molecule has 0 radical (unpaired) electrons. The topological polar surface area (TPSA) is 104 Å². The lowest BCUT2D eigenvalue weighted by Crippen LogP contribution is -2.49. The minimum atomic E-state index is -0.518. The summed E-state index contributed by atoms with van der Waals surface area (Å²) in [5.74, 6) is 1.81. The third-order valence-electron chi connectivity index (χ3n) is 5.37. The number of piperazine rings is 1. The highest BCUT2D eigenvalue weighted by Crippen LogP contribution is 2.23. The maximum Gasteiger partial charge on any atom is 0.282 e. The van der Waals surface area contributed by atoms with Crippen LogP contribution >= 0.6 is 0 Å². The number of nitrogens with zero attached hydrogens (tertiary/aromatic N) is 5. The van der Waals surface area contributed by atoms with Gasteiger partial charge >= 0.3 is 0 Å². The molecule has 4 rings (SSSR count). The number of anilines is 3. The van der Waals surface area contributed by atoms with E-state index in [2.05, 4.69) is 20.2 Å². The summed E-state index contributed by atoms with van der Waals surface area (Å²) >= 11 is 0. The first-order valence-electron chi connectivity index (χ1n) is 10.4. The molecule has 9 nitrogen and oxygen atoms in total. The second-order valence-corrected chi connectivity index (χ2v) is 7.70. The fraction of sp³-hybridized carbons (Fsp3) is 0.261. The molecule has 1 fully saturated rings. The van der Waals surface area contributed by atoms with Crippen LogP contribution in [0.2, 0.25) is 0 Å². The van der Waals surface area contributed by atoms with Gasteiger partial charge in [0.25, 0.3) is 11.6 Å². The van der Waals surface area contributed by atoms with Crippen molar-refractivity contribution >= 4 is 28.9 Å². The fourth-order valence-corrected chi connectivity index (χ4v) is 3.69. The zero-order valence-corrected chi connectivity index (χ0v) is 18.0. The normalized spacial score (nSPS) is 13.7. The molecule has 1 aliphatic rings. The molecular weight excluding hydrogens is 408 g/mol. The molecule has 0 atom stereocenters. The summed E-state index contributed by atoms with van der Waals surface area (Å²) in [7, 11) is 0. The predicted molar refractivity (Wildman–Crippen MR) is 122 cm³/mol. The smallest absolute Gasteiger partial charge is 0.282 e. The average molecular weight is 432 g/mol. The molecule has 1 saturated heterocycles. The highest BCUT2D eigenvalue weighted by molar-refractivity contribution is 5.98. The molecule has 32 heavy (non-hydrogen) atoms. The molecule has 2 aromatic carbocycles. The largest absolute Gasteiger partial charge is 0.353 e. The summed E-state index contributed by atoms with van der Waals surface area (Å²) < 4.78 is 0. The van der Waals surface area contributed by atoms with E-state index in [1.807, 2.05) is 44.2 Å². The second-order valence-electron chi connectivity index (χ2n) is 7.70. The Hall–Kier alpha value is -4.01. The fourth-order valence-electron chi connectivity index (χ4n) is 3.69. The van der Waals surface area contributed by atoms with Gasteiger partial charge in [0.1, 0.15) is 23.0 Å². The minimum absolute atomic E-state index is 0.119. The monoisotopic (exact) mass is 432 g/mol. The number of rotatable bonds is 5. The molecule has 3 aromatic rings. The number of nitrogens with one attached hydrogen (secondary N) is 1. The zero-order valence-electron chi connectivity index (χ0n) is 18.0. The maximum atomic E-state index is 12.9. The van der Waals surface area contributed by atoms with E-state index in [1.165, 1.54) is 17.7 Å². The lowest BCUT2D eigenvalue weighted by molar-refractivity contribution is -0.385. The number of carbonyl (C=O) groups excluding carboxylic acids is 1. The summed E-state index contributed by atoms with van der Waals surface area (Å²) in [6, 6.07) is 16.0. The third kappa shape index (κ3) is 4.66. The van der Waals surface area contributed by atoms with Gasteiger partial charge in [-0.2, -0.15) is 0 Å². The van der Waals surface area contributed by atoms with Gasteiger partial charge in [-0.1, -0.05) is 29.8 Å². The second kappa shape index (κ2) is 9.01. The van der Waals surface area contributed by atoms with Crippen LogP contribution < -0.4 is 10.2 Å². The van der Waals surface area contributed by atoms with Crippen LogP contribution in [0, 0.1) is 24.0 Å². The number of nitro groups is 1. The van der Waals surface area contributed by atoms with Crippen LogP contribution in [0.5, 0.6) is 0 Å². The van der Waals surface area contributed by atoms with Gasteiger partial charge in [0.05, 0.1) is 4.92 Å². The summed E-state index contributed by atoms with van der Waals surface area (Å²) in [5.41, 5.74) is 2.08. The van der Waals surface area contributed by atoms with Crippen molar-refractivity contribution in [1.29, 1.82) is 0 Å². The number of hydrogen-bond acceptors (Lipinski definition) is 7. The Morgan fingerprint density at radius 2 is 1.69 bits per heavy atom. The van der Waals surface area contributed by atoms with Crippen molar-refractivity contribution in [3.8, 4) is 0 Å². The molecular formula is C23H24N6O3. The van der Waals surface area contributed by atoms with E-state index in [0.29, 0.717) is 37.8 Å². The van der Waals surface area contributed by atoms with Crippen molar-refractivity contribution in [1.82, 2.24) is 14.9 Å². The molecule has 0 bridgehead atoms. The predicted octanol–water partition coefficient (Wildman–Crippen LogP) is 3.71. The Morgan fingerprint density at radius 3 is 2.38 bits per heavy atom. The van der Waals surface area contributed by atoms with Gasteiger partial charge in [0, 0.05) is 44.0 Å². The number of para-hydroxylation sites is 1. The van der Waals surface area contributed by atoms with Crippen molar-refractivity contribution in [2.24, 2.45) is 0 Å². The number of carbonyl (C=O) groups is 1. The summed E-state index contributed by atoms with van der Waals surface area (Å²) in [6.07, 6.45) is 0. The maximum absolute atomic E-state index is 12.9. The minimum Gasteiger partial charge on any atom is -0.353 e. The Kier molecular flexibility index (Phi) is 5.98. The van der Waals surface area contributed by atoms with Crippen LogP contribution in [0.1, 0.15) is 21.7 Å². The van der Waals surface area contributed by atoms with Crippen LogP contribution in [0.15, 0.2) is 54.6 Å². The van der Waals surface area contributed by atoms with Crippen molar-refractivity contribution in [3.05, 3.63) is 81.7 Å². The number of nitro benzene ring substituents is 1. The average Bonchev–Trinajstić information content (AvgIpc) is 2.80. The molecule has 164 valence electrons. The molecule has 9 heteroatoms. The summed E-state index contributed by atoms with van der Waals surface area (Å²) in [4.78, 5) is 36.4. The first-order chi connectivity index (χ1) is 15.4. The van der Waals surface area contributed by atoms with Crippen molar-refractivity contribution in [3.63, 3.8) is 0 Å². The molecule has 0 spiro atoms. The van der Waals surface area contributed by atoms with E-state index in [-0.39, 0.29) is 17.2 Å². The van der Waals surface area contributed by atoms with E-state index in [0.717, 1.165) is 11.5 Å². The van der Waals surface area contributed by atoms with E-state index in [1.54, 1.807) is 17.0 Å². The number of benzene rings is 2. The molecule has 0 saturated carbocycles. The van der Waals surface area contributed by atoms with Gasteiger partial charge in [-0.3, -0.25) is 14.9 Å². The van der Waals surface area contributed by atoms with Gasteiger partial charge in [0.15, 0.2) is 0 Å². The van der Waals surface area contributed by atoms with Gasteiger partial charge in [-0.05, 0) is 32.0 Å². The Morgan fingerprint density at radius 1 is 1.00 bits per heavy atom. The lowest BCUT2D eigenvalue weighted by Gasteiger charge is -2.35. The Bertz CT molecular complexity index is 1140. The standard InChI is InChI=1S/C23H24N6O3/c1-16-7-9-18(10-8-16)26-21-15-22(25-17(2)24-21)27-11-13-28(14-12-27)23(30)19-5-3-4-6-20(19)29(31)32/h3-10,15H,11-14H2,1-2H3,(H,24,25,26). The van der Waals surface area contributed by atoms with Crippen molar-refractivity contribution in [2.45, 2.75) is 13.8 Å². The van der Waals surface area contributed by atoms with E-state index >= 15 is 0 Å².